The van der Waals surface area contributed by atoms with Crippen LogP contribution in [0.5, 0.6) is 0 Å². The molecule has 0 N–H and O–H groups in total. The molecule has 1 heterocycles. The molecule has 20 heavy (non-hydrogen) atoms. The van der Waals surface area contributed by atoms with Crippen LogP contribution < -0.4 is 0 Å². The average molecular weight is 306 g/mol. The van der Waals surface area contributed by atoms with Gasteiger partial charge in [-0.05, 0) is 18.9 Å². The van der Waals surface area contributed by atoms with Crippen LogP contribution in [-0.4, -0.2) is 25.2 Å². The molecule has 1 aromatic rings. The Hall–Kier alpha value is -1.37. The molecule has 1 unspecified atom stereocenters. The standard InChI is InChI=1S/C13H13F3O3S/c14-13(15,16)10-6-2-1-5-9(10)12(17)11-7-3-4-8-20(11,18)19/h1-2,5-6,11H,3-4,7-8H2. The van der Waals surface area contributed by atoms with E-state index in [0.29, 0.717) is 12.8 Å². The van der Waals surface area contributed by atoms with Crippen LogP contribution in [-0.2, 0) is 16.0 Å². The number of hydrogen-bond donors (Lipinski definition) is 0. The largest absolute Gasteiger partial charge is 0.417 e. The van der Waals surface area contributed by atoms with E-state index in [2.05, 4.69) is 0 Å². The van der Waals surface area contributed by atoms with Crippen LogP contribution in [0.25, 0.3) is 0 Å². The number of ketones is 1. The van der Waals surface area contributed by atoms with Gasteiger partial charge < -0.3 is 0 Å². The SMILES string of the molecule is O=C(c1ccccc1C(F)(F)F)C1CCCCS1(=O)=O. The minimum absolute atomic E-state index is 0.0906. The Morgan fingerprint density at radius 3 is 2.40 bits per heavy atom. The topological polar surface area (TPSA) is 51.2 Å². The minimum Gasteiger partial charge on any atom is -0.293 e. The lowest BCUT2D eigenvalue weighted by molar-refractivity contribution is -0.137. The summed E-state index contributed by atoms with van der Waals surface area (Å²) in [6.07, 6.45) is -3.60. The van der Waals surface area contributed by atoms with E-state index >= 15 is 0 Å². The lowest BCUT2D eigenvalue weighted by Gasteiger charge is -2.22. The summed E-state index contributed by atoms with van der Waals surface area (Å²) in [6.45, 7) is 0. The molecular formula is C13H13F3O3S. The lowest BCUT2D eigenvalue weighted by Crippen LogP contribution is -2.36. The molecule has 1 aromatic carbocycles. The fourth-order valence-corrected chi connectivity index (χ4v) is 4.24. The smallest absolute Gasteiger partial charge is 0.293 e. The summed E-state index contributed by atoms with van der Waals surface area (Å²) in [4.78, 5) is 12.2. The summed E-state index contributed by atoms with van der Waals surface area (Å²) < 4.78 is 62.3. The van der Waals surface area contributed by atoms with Crippen LogP contribution in [0.4, 0.5) is 13.2 Å². The molecule has 1 aliphatic heterocycles. The summed E-state index contributed by atoms with van der Waals surface area (Å²) in [5.41, 5.74) is -1.64. The predicted octanol–water partition coefficient (Wildman–Crippen LogP) is 2.86. The van der Waals surface area contributed by atoms with Gasteiger partial charge in [-0.15, -0.1) is 0 Å². The molecule has 0 bridgehead atoms. The zero-order valence-corrected chi connectivity index (χ0v) is 11.3. The third kappa shape index (κ3) is 2.87. The first-order chi connectivity index (χ1) is 9.23. The minimum atomic E-state index is -4.68. The van der Waals surface area contributed by atoms with Crippen molar-refractivity contribution in [2.75, 3.05) is 5.75 Å². The number of rotatable bonds is 2. The first kappa shape index (κ1) is 15.0. The third-order valence-electron chi connectivity index (χ3n) is 3.37. The van der Waals surface area contributed by atoms with Crippen molar-refractivity contribution in [1.82, 2.24) is 0 Å². The highest BCUT2D eigenvalue weighted by molar-refractivity contribution is 7.92. The Balaban J connectivity index is 2.44. The molecule has 0 amide bonds. The third-order valence-corrected chi connectivity index (χ3v) is 5.54. The number of Topliss-reactive ketones (excluding diaryl/α,β-unsaturated/α-hetero) is 1. The Morgan fingerprint density at radius 1 is 1.15 bits per heavy atom. The van der Waals surface area contributed by atoms with Gasteiger partial charge in [0.2, 0.25) is 0 Å². The van der Waals surface area contributed by atoms with E-state index in [1.165, 1.54) is 12.1 Å². The molecule has 1 aliphatic rings. The molecule has 110 valence electrons. The summed E-state index contributed by atoms with van der Waals surface area (Å²) >= 11 is 0. The van der Waals surface area contributed by atoms with E-state index in [4.69, 9.17) is 0 Å². The summed E-state index contributed by atoms with van der Waals surface area (Å²) in [7, 11) is -3.65. The fraction of sp³-hybridized carbons (Fsp3) is 0.462. The second-order valence-corrected chi connectivity index (χ2v) is 7.06. The Labute approximate surface area is 114 Å². The molecule has 1 fully saturated rings. The molecule has 0 spiro atoms. The van der Waals surface area contributed by atoms with Gasteiger partial charge in [0, 0.05) is 5.56 Å². The van der Waals surface area contributed by atoms with Crippen molar-refractivity contribution in [3.05, 3.63) is 35.4 Å². The van der Waals surface area contributed by atoms with Gasteiger partial charge in [0.25, 0.3) is 0 Å². The Bertz CT molecular complexity index is 620. The number of sulfone groups is 1. The van der Waals surface area contributed by atoms with E-state index in [1.807, 2.05) is 0 Å². The molecule has 3 nitrogen and oxygen atoms in total. The van der Waals surface area contributed by atoms with Crippen molar-refractivity contribution in [1.29, 1.82) is 0 Å². The number of carbonyl (C=O) groups excluding carboxylic acids is 1. The van der Waals surface area contributed by atoms with E-state index < -0.39 is 38.2 Å². The second-order valence-electron chi connectivity index (χ2n) is 4.76. The van der Waals surface area contributed by atoms with Gasteiger partial charge >= 0.3 is 6.18 Å². The number of carbonyl (C=O) groups is 1. The molecule has 0 saturated carbocycles. The lowest BCUT2D eigenvalue weighted by atomic mass is 9.98. The molecule has 1 saturated heterocycles. The first-order valence-electron chi connectivity index (χ1n) is 6.15. The van der Waals surface area contributed by atoms with Crippen LogP contribution >= 0.6 is 0 Å². The summed E-state index contributed by atoms with van der Waals surface area (Å²) in [5, 5.41) is -1.35. The molecule has 7 heteroatoms. The highest BCUT2D eigenvalue weighted by Crippen LogP contribution is 2.34. The van der Waals surface area contributed by atoms with Crippen molar-refractivity contribution in [2.45, 2.75) is 30.7 Å². The van der Waals surface area contributed by atoms with E-state index in [-0.39, 0.29) is 12.2 Å². The quantitative estimate of drug-likeness (QED) is 0.790. The monoisotopic (exact) mass is 306 g/mol. The van der Waals surface area contributed by atoms with Gasteiger partial charge in [-0.3, -0.25) is 4.79 Å². The van der Waals surface area contributed by atoms with E-state index in [0.717, 1.165) is 12.1 Å². The summed E-state index contributed by atoms with van der Waals surface area (Å²) in [5.74, 6) is -1.09. The van der Waals surface area contributed by atoms with Crippen molar-refractivity contribution >= 4 is 15.6 Å². The number of benzene rings is 1. The Kier molecular flexibility index (Phi) is 3.90. The maximum absolute atomic E-state index is 12.9. The van der Waals surface area contributed by atoms with E-state index in [9.17, 15) is 26.4 Å². The molecule has 2 rings (SSSR count). The van der Waals surface area contributed by atoms with Crippen LogP contribution in [0.1, 0.15) is 35.2 Å². The highest BCUT2D eigenvalue weighted by atomic mass is 32.2. The number of alkyl halides is 3. The van der Waals surface area contributed by atoms with Crippen molar-refractivity contribution in [2.24, 2.45) is 0 Å². The maximum Gasteiger partial charge on any atom is 0.417 e. The van der Waals surface area contributed by atoms with Gasteiger partial charge in [0.1, 0.15) is 5.25 Å². The van der Waals surface area contributed by atoms with Crippen LogP contribution in [0.15, 0.2) is 24.3 Å². The van der Waals surface area contributed by atoms with Gasteiger partial charge in [-0.2, -0.15) is 13.2 Å². The van der Waals surface area contributed by atoms with Crippen molar-refractivity contribution < 1.29 is 26.4 Å². The van der Waals surface area contributed by atoms with Crippen molar-refractivity contribution in [3.8, 4) is 0 Å². The van der Waals surface area contributed by atoms with E-state index in [1.54, 1.807) is 0 Å². The Morgan fingerprint density at radius 2 is 1.80 bits per heavy atom. The first-order valence-corrected chi connectivity index (χ1v) is 7.87. The van der Waals surface area contributed by atoms with Crippen LogP contribution in [0.2, 0.25) is 0 Å². The van der Waals surface area contributed by atoms with Gasteiger partial charge in [0.15, 0.2) is 15.6 Å². The summed E-state index contributed by atoms with van der Waals surface area (Å²) in [6, 6.07) is 4.31. The highest BCUT2D eigenvalue weighted by Gasteiger charge is 2.40. The zero-order chi connectivity index (χ0) is 15.0. The maximum atomic E-state index is 12.9. The second kappa shape index (κ2) is 5.20. The zero-order valence-electron chi connectivity index (χ0n) is 10.5. The molecule has 0 radical (unpaired) electrons. The normalized spacial score (nSPS) is 22.4. The molecule has 0 aromatic heterocycles. The number of halogens is 3. The molecular weight excluding hydrogens is 293 g/mol. The fourth-order valence-electron chi connectivity index (χ4n) is 2.37. The van der Waals surface area contributed by atoms with Gasteiger partial charge in [-0.25, -0.2) is 8.42 Å². The predicted molar refractivity (Wildman–Crippen MR) is 67.2 cm³/mol. The van der Waals surface area contributed by atoms with Gasteiger partial charge in [0.05, 0.1) is 11.3 Å². The number of hydrogen-bond acceptors (Lipinski definition) is 3. The molecule has 1 atom stereocenters. The molecule has 0 aliphatic carbocycles. The van der Waals surface area contributed by atoms with Gasteiger partial charge in [-0.1, -0.05) is 24.6 Å². The van der Waals surface area contributed by atoms with Crippen molar-refractivity contribution in [3.63, 3.8) is 0 Å². The van der Waals surface area contributed by atoms with Crippen LogP contribution in [0.3, 0.4) is 0 Å². The van der Waals surface area contributed by atoms with Crippen LogP contribution in [0, 0.1) is 0 Å². The average Bonchev–Trinajstić information content (AvgIpc) is 2.36.